The second-order valence-corrected chi connectivity index (χ2v) is 1.69. The molecule has 0 saturated heterocycles. The molecule has 3 heteroatoms. The average Bonchev–Trinajstić information content (AvgIpc) is 1.92. The van der Waals surface area contributed by atoms with E-state index in [1.165, 1.54) is 6.21 Å². The Hall–Kier alpha value is -0.700. The van der Waals surface area contributed by atoms with Crippen LogP contribution in [0.2, 0.25) is 0 Å². The van der Waals surface area contributed by atoms with Crippen LogP contribution >= 0.6 is 0 Å². The summed E-state index contributed by atoms with van der Waals surface area (Å²) >= 11 is 0. The third-order valence-electron chi connectivity index (χ3n) is 0.531. The first kappa shape index (κ1) is 12.0. The van der Waals surface area contributed by atoms with Crippen molar-refractivity contribution in [3.8, 4) is 0 Å². The highest BCUT2D eigenvalue weighted by molar-refractivity contribution is 6.12. The van der Waals surface area contributed by atoms with Gasteiger partial charge in [0.2, 0.25) is 0 Å². The number of aliphatic imine (C=N–C) groups is 1. The Morgan fingerprint density at radius 2 is 1.90 bits per heavy atom. The number of carbonyl (C=O) groups is 1. The van der Waals surface area contributed by atoms with Crippen molar-refractivity contribution >= 4 is 12.5 Å². The third-order valence-corrected chi connectivity index (χ3v) is 0.531. The molecule has 0 saturated carbocycles. The number of hydrogen-bond donors (Lipinski definition) is 0. The van der Waals surface area contributed by atoms with Crippen LogP contribution in [0.3, 0.4) is 0 Å². The largest absolute Gasteiger partial charge is 0.297 e. The van der Waals surface area contributed by atoms with Gasteiger partial charge in [-0.2, -0.15) is 0 Å². The van der Waals surface area contributed by atoms with E-state index in [9.17, 15) is 4.79 Å². The van der Waals surface area contributed by atoms with Crippen LogP contribution in [0.4, 0.5) is 0 Å². The van der Waals surface area contributed by atoms with Gasteiger partial charge in [0.15, 0.2) is 6.29 Å². The van der Waals surface area contributed by atoms with Crippen LogP contribution in [-0.4, -0.2) is 38.2 Å². The number of rotatable bonds is 3. The van der Waals surface area contributed by atoms with Crippen LogP contribution in [0.25, 0.3) is 0 Å². The summed E-state index contributed by atoms with van der Waals surface area (Å²) in [5.74, 6) is 0. The van der Waals surface area contributed by atoms with E-state index in [-0.39, 0.29) is 0 Å². The summed E-state index contributed by atoms with van der Waals surface area (Å²) in [4.78, 5) is 15.2. The second kappa shape index (κ2) is 11.1. The fourth-order valence-electron chi connectivity index (χ4n) is 0.253. The van der Waals surface area contributed by atoms with Crippen molar-refractivity contribution in [2.75, 3.05) is 20.8 Å². The van der Waals surface area contributed by atoms with Crippen molar-refractivity contribution in [3.05, 3.63) is 0 Å². The van der Waals surface area contributed by atoms with Crippen LogP contribution < -0.4 is 0 Å². The molecule has 0 amide bonds. The smallest absolute Gasteiger partial charge is 0.160 e. The number of carbonyl (C=O) groups excluding carboxylic acids is 1. The monoisotopic (exact) mass is 144 g/mol. The summed E-state index contributed by atoms with van der Waals surface area (Å²) in [5.41, 5.74) is 0. The topological polar surface area (TPSA) is 32.7 Å². The summed E-state index contributed by atoms with van der Waals surface area (Å²) in [6, 6.07) is 0. The Morgan fingerprint density at radius 3 is 2.20 bits per heavy atom. The fraction of sp³-hybridized carbons (Fsp3) is 0.714. The van der Waals surface area contributed by atoms with Gasteiger partial charge in [-0.15, -0.1) is 0 Å². The lowest BCUT2D eigenvalue weighted by Crippen LogP contribution is -2.10. The molecule has 0 bridgehead atoms. The van der Waals surface area contributed by atoms with Gasteiger partial charge < -0.3 is 0 Å². The SMILES string of the molecule is CC.CN(C)C/N=C\C=O. The Labute approximate surface area is 62.8 Å². The zero-order valence-electron chi connectivity index (χ0n) is 7.16. The summed E-state index contributed by atoms with van der Waals surface area (Å²) < 4.78 is 0. The quantitative estimate of drug-likeness (QED) is 0.433. The molecule has 0 aromatic carbocycles. The molecule has 0 rings (SSSR count). The number of hydrogen-bond acceptors (Lipinski definition) is 3. The molecule has 0 N–H and O–H groups in total. The summed E-state index contributed by atoms with van der Waals surface area (Å²) in [7, 11) is 3.78. The van der Waals surface area contributed by atoms with E-state index >= 15 is 0 Å². The Morgan fingerprint density at radius 1 is 1.40 bits per heavy atom. The predicted octanol–water partition coefficient (Wildman–Crippen LogP) is 0.801. The Bertz CT molecular complexity index is 89.6. The standard InChI is InChI=1S/C5H10N2O.C2H6/c1-7(2)5-6-3-4-8;1-2/h3-4H,5H2,1-2H3;1-2H3/b6-3-;. The van der Waals surface area contributed by atoms with E-state index in [2.05, 4.69) is 4.99 Å². The van der Waals surface area contributed by atoms with Gasteiger partial charge in [-0.1, -0.05) is 13.8 Å². The minimum Gasteiger partial charge on any atom is -0.297 e. The summed E-state index contributed by atoms with van der Waals surface area (Å²) in [6.07, 6.45) is 1.92. The van der Waals surface area contributed by atoms with Crippen molar-refractivity contribution in [1.82, 2.24) is 4.90 Å². The van der Waals surface area contributed by atoms with Crippen molar-refractivity contribution in [2.45, 2.75) is 13.8 Å². The van der Waals surface area contributed by atoms with Gasteiger partial charge in [-0.3, -0.25) is 14.7 Å². The van der Waals surface area contributed by atoms with Crippen molar-refractivity contribution in [3.63, 3.8) is 0 Å². The van der Waals surface area contributed by atoms with Crippen LogP contribution in [0.15, 0.2) is 4.99 Å². The van der Waals surface area contributed by atoms with Gasteiger partial charge in [0.25, 0.3) is 0 Å². The first-order chi connectivity index (χ1) is 4.77. The van der Waals surface area contributed by atoms with Gasteiger partial charge in [0.1, 0.15) is 0 Å². The molecule has 0 aliphatic heterocycles. The minimum absolute atomic E-state index is 0.582. The highest BCUT2D eigenvalue weighted by Gasteiger charge is 1.78. The average molecular weight is 144 g/mol. The zero-order valence-corrected chi connectivity index (χ0v) is 7.16. The van der Waals surface area contributed by atoms with E-state index in [0.29, 0.717) is 13.0 Å². The Kier molecular flexibility index (Phi) is 13.4. The predicted molar refractivity (Wildman–Crippen MR) is 44.5 cm³/mol. The minimum atomic E-state index is 0.582. The van der Waals surface area contributed by atoms with Crippen LogP contribution in [0, 0.1) is 0 Å². The zero-order chi connectivity index (χ0) is 8.41. The van der Waals surface area contributed by atoms with Crippen molar-refractivity contribution in [2.24, 2.45) is 4.99 Å². The molecule has 10 heavy (non-hydrogen) atoms. The van der Waals surface area contributed by atoms with E-state index < -0.39 is 0 Å². The van der Waals surface area contributed by atoms with Gasteiger partial charge in [-0.05, 0) is 14.1 Å². The van der Waals surface area contributed by atoms with E-state index in [1.807, 2.05) is 32.8 Å². The molecule has 0 radical (unpaired) electrons. The normalized spacial score (nSPS) is 9.30. The van der Waals surface area contributed by atoms with Gasteiger partial charge >= 0.3 is 0 Å². The summed E-state index contributed by atoms with van der Waals surface area (Å²) in [5, 5.41) is 0. The lowest BCUT2D eigenvalue weighted by atomic mass is 10.8. The molecule has 0 aromatic heterocycles. The highest BCUT2D eigenvalue weighted by atomic mass is 16.1. The third kappa shape index (κ3) is 15.7. The molecule has 0 unspecified atom stereocenters. The first-order valence-electron chi connectivity index (χ1n) is 3.35. The maximum absolute atomic E-state index is 9.62. The lowest BCUT2D eigenvalue weighted by Gasteiger charge is -2.01. The lowest BCUT2D eigenvalue weighted by molar-refractivity contribution is -0.102. The van der Waals surface area contributed by atoms with Crippen LogP contribution in [0.5, 0.6) is 0 Å². The molecule has 0 heterocycles. The molecule has 60 valence electrons. The van der Waals surface area contributed by atoms with Crippen LogP contribution in [0.1, 0.15) is 13.8 Å². The summed E-state index contributed by atoms with van der Waals surface area (Å²) in [6.45, 7) is 4.58. The maximum atomic E-state index is 9.62. The molecule has 0 spiro atoms. The number of aldehydes is 1. The molecule has 0 aromatic rings. The van der Waals surface area contributed by atoms with Gasteiger partial charge in [0.05, 0.1) is 12.9 Å². The highest BCUT2D eigenvalue weighted by Crippen LogP contribution is 1.70. The Balaban J connectivity index is 0. The van der Waals surface area contributed by atoms with Crippen molar-refractivity contribution in [1.29, 1.82) is 0 Å². The molecule has 0 atom stereocenters. The van der Waals surface area contributed by atoms with Crippen LogP contribution in [-0.2, 0) is 4.79 Å². The van der Waals surface area contributed by atoms with Gasteiger partial charge in [0, 0.05) is 0 Å². The van der Waals surface area contributed by atoms with E-state index in [0.717, 1.165) is 0 Å². The fourth-order valence-corrected chi connectivity index (χ4v) is 0.253. The molecule has 3 nitrogen and oxygen atoms in total. The molecule has 0 aliphatic rings. The van der Waals surface area contributed by atoms with Gasteiger partial charge in [-0.25, -0.2) is 0 Å². The molecular formula is C7H16N2O. The molecule has 0 fully saturated rings. The van der Waals surface area contributed by atoms with E-state index in [4.69, 9.17) is 0 Å². The maximum Gasteiger partial charge on any atom is 0.160 e. The van der Waals surface area contributed by atoms with Crippen molar-refractivity contribution < 1.29 is 4.79 Å². The molecule has 0 aliphatic carbocycles. The molecular weight excluding hydrogens is 128 g/mol. The second-order valence-electron chi connectivity index (χ2n) is 1.69. The number of nitrogens with zero attached hydrogens (tertiary/aromatic N) is 2. The first-order valence-corrected chi connectivity index (χ1v) is 3.35. The van der Waals surface area contributed by atoms with E-state index in [1.54, 1.807) is 0 Å².